The van der Waals surface area contributed by atoms with E-state index in [2.05, 4.69) is 4.98 Å². The van der Waals surface area contributed by atoms with Crippen molar-refractivity contribution in [3.05, 3.63) is 58.9 Å². The van der Waals surface area contributed by atoms with Crippen LogP contribution in [0.15, 0.2) is 42.6 Å². The van der Waals surface area contributed by atoms with Gasteiger partial charge < -0.3 is 9.47 Å². The molecule has 2 rings (SSSR count). The zero-order chi connectivity index (χ0) is 17.6. The Labute approximate surface area is 147 Å². The molecule has 2 aromatic rings. The molecule has 0 aliphatic rings. The fourth-order valence-electron chi connectivity index (χ4n) is 2.21. The number of carbonyl (C=O) groups is 1. The molecule has 0 saturated carbocycles. The van der Waals surface area contributed by atoms with Gasteiger partial charge in [0.05, 0.1) is 20.3 Å². The molecule has 0 N–H and O–H groups in total. The third-order valence-electron chi connectivity index (χ3n) is 3.78. The Morgan fingerprint density at radius 1 is 1.21 bits per heavy atom. The summed E-state index contributed by atoms with van der Waals surface area (Å²) in [4.78, 5) is 16.6. The van der Waals surface area contributed by atoms with E-state index in [4.69, 9.17) is 21.1 Å². The summed E-state index contributed by atoms with van der Waals surface area (Å²) < 4.78 is 10.9. The first kappa shape index (κ1) is 18.4. The number of hydrogen-bond acceptors (Lipinski definition) is 4. The Hall–Kier alpha value is -1.91. The number of hydrogen-bond donors (Lipinski definition) is 0. The highest BCUT2D eigenvalue weighted by atomic mass is 35.5. The summed E-state index contributed by atoms with van der Waals surface area (Å²) in [6.45, 7) is 4.63. The molecule has 24 heavy (non-hydrogen) atoms. The van der Waals surface area contributed by atoms with Crippen molar-refractivity contribution in [2.75, 3.05) is 13.7 Å². The van der Waals surface area contributed by atoms with Gasteiger partial charge in [-0.2, -0.15) is 0 Å². The van der Waals surface area contributed by atoms with Crippen molar-refractivity contribution < 1.29 is 14.3 Å². The van der Waals surface area contributed by atoms with Gasteiger partial charge in [-0.3, -0.25) is 4.79 Å². The lowest BCUT2D eigenvalue weighted by molar-refractivity contribution is -0.129. The zero-order valence-corrected chi connectivity index (χ0v) is 15.0. The quantitative estimate of drug-likeness (QED) is 0.674. The molecular weight excluding hydrogens is 326 g/mol. The Morgan fingerprint density at radius 3 is 2.58 bits per heavy atom. The van der Waals surface area contributed by atoms with E-state index in [1.807, 2.05) is 44.2 Å². The molecule has 4 nitrogen and oxygen atoms in total. The van der Waals surface area contributed by atoms with Crippen LogP contribution in [0.4, 0.5) is 0 Å². The molecule has 0 unspecified atom stereocenters. The van der Waals surface area contributed by atoms with Gasteiger partial charge in [-0.15, -0.1) is 0 Å². The first-order chi connectivity index (χ1) is 11.4. The van der Waals surface area contributed by atoms with E-state index in [0.717, 1.165) is 11.1 Å². The summed E-state index contributed by atoms with van der Waals surface area (Å²) >= 11 is 5.91. The molecule has 0 aliphatic heterocycles. The predicted octanol–water partition coefficient (Wildman–Crippen LogP) is 4.10. The molecule has 1 aromatic carbocycles. The minimum Gasteiger partial charge on any atom is -0.494 e. The zero-order valence-electron chi connectivity index (χ0n) is 14.2. The van der Waals surface area contributed by atoms with Gasteiger partial charge in [0.15, 0.2) is 10.9 Å². The molecule has 1 aromatic heterocycles. The first-order valence-electron chi connectivity index (χ1n) is 7.76. The van der Waals surface area contributed by atoms with Crippen molar-refractivity contribution in [3.63, 3.8) is 0 Å². The van der Waals surface area contributed by atoms with Crippen molar-refractivity contribution in [3.8, 4) is 5.75 Å². The lowest BCUT2D eigenvalue weighted by Gasteiger charge is -2.23. The van der Waals surface area contributed by atoms with Gasteiger partial charge in [-0.25, -0.2) is 4.98 Å². The topological polar surface area (TPSA) is 48.4 Å². The molecule has 1 heterocycles. The van der Waals surface area contributed by atoms with E-state index < -0.39 is 5.41 Å². The summed E-state index contributed by atoms with van der Waals surface area (Å²) in [6, 6.07) is 11.6. The highest BCUT2D eigenvalue weighted by Crippen LogP contribution is 2.25. The maximum atomic E-state index is 12.6. The number of benzene rings is 1. The third-order valence-corrected chi connectivity index (χ3v) is 4.06. The molecule has 0 atom stereocenters. The number of methoxy groups -OCH3 is 1. The van der Waals surface area contributed by atoms with Gasteiger partial charge in [0.1, 0.15) is 5.78 Å². The monoisotopic (exact) mass is 347 g/mol. The molecule has 0 saturated heterocycles. The lowest BCUT2D eigenvalue weighted by atomic mass is 9.86. The summed E-state index contributed by atoms with van der Waals surface area (Å²) in [7, 11) is 1.52. The van der Waals surface area contributed by atoms with Crippen LogP contribution in [0.2, 0.25) is 5.15 Å². The summed E-state index contributed by atoms with van der Waals surface area (Å²) in [5.74, 6) is 0.557. The number of ether oxygens (including phenoxy) is 2. The Bertz CT molecular complexity index is 686. The number of Topliss-reactive ketones (excluding diaryl/α,β-unsaturated/α-hetero) is 1. The first-order valence-corrected chi connectivity index (χ1v) is 8.13. The van der Waals surface area contributed by atoms with Gasteiger partial charge in [0.2, 0.25) is 0 Å². The van der Waals surface area contributed by atoms with Gasteiger partial charge in [0, 0.05) is 18.0 Å². The van der Waals surface area contributed by atoms with E-state index in [-0.39, 0.29) is 12.2 Å². The fourth-order valence-corrected chi connectivity index (χ4v) is 2.39. The number of ketones is 1. The normalized spacial score (nSPS) is 11.3. The minimum atomic E-state index is -0.582. The number of carbonyl (C=O) groups excluding carboxylic acids is 1. The van der Waals surface area contributed by atoms with Crippen LogP contribution in [0.5, 0.6) is 5.75 Å². The predicted molar refractivity (Wildman–Crippen MR) is 94.4 cm³/mol. The van der Waals surface area contributed by atoms with Crippen molar-refractivity contribution in [2.45, 2.75) is 26.9 Å². The Kier molecular flexibility index (Phi) is 6.35. The van der Waals surface area contributed by atoms with Gasteiger partial charge in [-0.1, -0.05) is 55.8 Å². The molecule has 5 heteroatoms. The highest BCUT2D eigenvalue weighted by Gasteiger charge is 2.28. The molecule has 0 radical (unpaired) electrons. The summed E-state index contributed by atoms with van der Waals surface area (Å²) in [5.41, 5.74) is 1.28. The fraction of sp³-hybridized carbons (Fsp3) is 0.368. The smallest absolute Gasteiger partial charge is 0.171 e. The number of aromatic nitrogens is 1. The maximum absolute atomic E-state index is 12.6. The van der Waals surface area contributed by atoms with Gasteiger partial charge >= 0.3 is 0 Å². The second-order valence-corrected chi connectivity index (χ2v) is 6.66. The number of pyridine rings is 1. The number of rotatable bonds is 8. The highest BCUT2D eigenvalue weighted by molar-refractivity contribution is 6.30. The third kappa shape index (κ3) is 5.05. The Balaban J connectivity index is 1.92. The number of nitrogens with zero attached hydrogens (tertiary/aromatic N) is 1. The van der Waals surface area contributed by atoms with Crippen LogP contribution in [0.1, 0.15) is 25.0 Å². The molecule has 0 fully saturated rings. The Morgan fingerprint density at radius 2 is 1.92 bits per heavy atom. The second kappa shape index (κ2) is 8.27. The van der Waals surface area contributed by atoms with Crippen LogP contribution < -0.4 is 4.74 Å². The molecule has 0 amide bonds. The van der Waals surface area contributed by atoms with Crippen LogP contribution in [-0.4, -0.2) is 24.5 Å². The largest absolute Gasteiger partial charge is 0.494 e. The summed E-state index contributed by atoms with van der Waals surface area (Å²) in [5, 5.41) is 0.291. The van der Waals surface area contributed by atoms with E-state index >= 15 is 0 Å². The molecule has 0 bridgehead atoms. The molecular formula is C19H22ClNO3. The molecule has 0 aliphatic carbocycles. The molecule has 128 valence electrons. The maximum Gasteiger partial charge on any atom is 0.171 e. The average Bonchev–Trinajstić information content (AvgIpc) is 2.57. The van der Waals surface area contributed by atoms with Crippen LogP contribution >= 0.6 is 11.6 Å². The van der Waals surface area contributed by atoms with Crippen molar-refractivity contribution in [1.82, 2.24) is 4.98 Å². The van der Waals surface area contributed by atoms with E-state index in [9.17, 15) is 4.79 Å². The van der Waals surface area contributed by atoms with Gasteiger partial charge in [-0.05, 0) is 17.2 Å². The number of halogens is 1. The minimum absolute atomic E-state index is 0.0849. The van der Waals surface area contributed by atoms with Crippen LogP contribution in [-0.2, 0) is 22.6 Å². The van der Waals surface area contributed by atoms with Gasteiger partial charge in [0.25, 0.3) is 0 Å². The van der Waals surface area contributed by atoms with Crippen molar-refractivity contribution in [1.29, 1.82) is 0 Å². The van der Waals surface area contributed by atoms with E-state index in [0.29, 0.717) is 24.1 Å². The van der Waals surface area contributed by atoms with Crippen LogP contribution in [0, 0.1) is 5.41 Å². The molecule has 0 spiro atoms. The average molecular weight is 348 g/mol. The lowest BCUT2D eigenvalue weighted by Crippen LogP contribution is -2.31. The van der Waals surface area contributed by atoms with Crippen LogP contribution in [0.3, 0.4) is 0 Å². The van der Waals surface area contributed by atoms with E-state index in [1.54, 1.807) is 12.3 Å². The van der Waals surface area contributed by atoms with Crippen molar-refractivity contribution in [2.24, 2.45) is 5.41 Å². The standard InChI is InChI=1S/C19H22ClNO3/c1-19(2,13-24-12-14-7-5-4-6-8-14)17(22)10-15-9-16(23-3)18(20)21-11-15/h4-9,11H,10,12-13H2,1-3H3. The van der Waals surface area contributed by atoms with Crippen molar-refractivity contribution >= 4 is 17.4 Å². The second-order valence-electron chi connectivity index (χ2n) is 6.30. The van der Waals surface area contributed by atoms with Crippen LogP contribution in [0.25, 0.3) is 0 Å². The SMILES string of the molecule is COc1cc(CC(=O)C(C)(C)COCc2ccccc2)cnc1Cl. The van der Waals surface area contributed by atoms with E-state index in [1.165, 1.54) is 7.11 Å². The summed E-state index contributed by atoms with van der Waals surface area (Å²) in [6.07, 6.45) is 1.87.